The fraction of sp³-hybridized carbons (Fsp3) is 0.188. The number of nitrogens with zero attached hydrogens (tertiary/aromatic N) is 1. The zero-order chi connectivity index (χ0) is 16.6. The van der Waals surface area contributed by atoms with Crippen LogP contribution < -0.4 is 9.62 Å². The SMILES string of the molecule is CN1C(=O)CCc2cc(NS(=O)(=O)c3cccc(F)c3)ccc21. The Kier molecular flexibility index (Phi) is 3.81. The third kappa shape index (κ3) is 3.05. The molecule has 7 heteroatoms. The number of benzene rings is 2. The molecule has 0 aromatic heterocycles. The first-order chi connectivity index (χ1) is 10.9. The normalized spacial score (nSPS) is 14.5. The van der Waals surface area contributed by atoms with Crippen LogP contribution in [0, 0.1) is 5.82 Å². The van der Waals surface area contributed by atoms with Gasteiger partial charge in [0.25, 0.3) is 10.0 Å². The minimum atomic E-state index is -3.86. The number of sulfonamides is 1. The van der Waals surface area contributed by atoms with E-state index in [0.29, 0.717) is 18.5 Å². The molecule has 0 saturated carbocycles. The van der Waals surface area contributed by atoms with Crippen LogP contribution in [0.5, 0.6) is 0 Å². The van der Waals surface area contributed by atoms with E-state index in [-0.39, 0.29) is 10.8 Å². The molecule has 0 spiro atoms. The van der Waals surface area contributed by atoms with E-state index in [4.69, 9.17) is 0 Å². The first-order valence-corrected chi connectivity index (χ1v) is 8.53. The average molecular weight is 334 g/mol. The number of anilines is 2. The van der Waals surface area contributed by atoms with Gasteiger partial charge in [0.2, 0.25) is 5.91 Å². The number of fused-ring (bicyclic) bond motifs is 1. The molecule has 5 nitrogen and oxygen atoms in total. The smallest absolute Gasteiger partial charge is 0.261 e. The van der Waals surface area contributed by atoms with Crippen LogP contribution >= 0.6 is 0 Å². The Labute approximate surface area is 133 Å². The Morgan fingerprint density at radius 3 is 2.65 bits per heavy atom. The number of hydrogen-bond donors (Lipinski definition) is 1. The molecule has 3 rings (SSSR count). The van der Waals surface area contributed by atoms with Gasteiger partial charge in [-0.15, -0.1) is 0 Å². The molecule has 120 valence electrons. The van der Waals surface area contributed by atoms with Gasteiger partial charge in [0, 0.05) is 24.8 Å². The average Bonchev–Trinajstić information content (AvgIpc) is 2.51. The lowest BCUT2D eigenvalue weighted by atomic mass is 10.0. The van der Waals surface area contributed by atoms with E-state index in [9.17, 15) is 17.6 Å². The van der Waals surface area contributed by atoms with Crippen LogP contribution in [0.4, 0.5) is 15.8 Å². The first kappa shape index (κ1) is 15.5. The van der Waals surface area contributed by atoms with Gasteiger partial charge in [-0.3, -0.25) is 9.52 Å². The van der Waals surface area contributed by atoms with Gasteiger partial charge in [0.05, 0.1) is 4.90 Å². The summed E-state index contributed by atoms with van der Waals surface area (Å²) in [7, 11) is -2.17. The number of halogens is 1. The zero-order valence-electron chi connectivity index (χ0n) is 12.4. The molecule has 0 radical (unpaired) electrons. The van der Waals surface area contributed by atoms with Crippen molar-refractivity contribution in [2.75, 3.05) is 16.7 Å². The molecule has 0 bridgehead atoms. The van der Waals surface area contributed by atoms with Crippen molar-refractivity contribution in [1.29, 1.82) is 0 Å². The predicted octanol–water partition coefficient (Wildman–Crippen LogP) is 2.54. The van der Waals surface area contributed by atoms with Gasteiger partial charge >= 0.3 is 0 Å². The van der Waals surface area contributed by atoms with Gasteiger partial charge in [-0.1, -0.05) is 6.07 Å². The monoisotopic (exact) mass is 334 g/mol. The highest BCUT2D eigenvalue weighted by molar-refractivity contribution is 7.92. The summed E-state index contributed by atoms with van der Waals surface area (Å²) in [6.45, 7) is 0. The largest absolute Gasteiger partial charge is 0.315 e. The Balaban J connectivity index is 1.90. The molecule has 0 aliphatic carbocycles. The zero-order valence-corrected chi connectivity index (χ0v) is 13.2. The Hall–Kier alpha value is -2.41. The van der Waals surface area contributed by atoms with Crippen molar-refractivity contribution in [2.45, 2.75) is 17.7 Å². The van der Waals surface area contributed by atoms with Crippen molar-refractivity contribution in [3.05, 3.63) is 53.8 Å². The molecule has 23 heavy (non-hydrogen) atoms. The third-order valence-electron chi connectivity index (χ3n) is 3.78. The molecule has 0 atom stereocenters. The van der Waals surface area contributed by atoms with Crippen molar-refractivity contribution in [3.8, 4) is 0 Å². The van der Waals surface area contributed by atoms with E-state index in [2.05, 4.69) is 4.72 Å². The van der Waals surface area contributed by atoms with Crippen LogP contribution in [0.15, 0.2) is 47.4 Å². The number of rotatable bonds is 3. The molecule has 0 fully saturated rings. The number of hydrogen-bond acceptors (Lipinski definition) is 3. The van der Waals surface area contributed by atoms with Crippen molar-refractivity contribution < 1.29 is 17.6 Å². The summed E-state index contributed by atoms with van der Waals surface area (Å²) in [5.74, 6) is -0.580. The lowest BCUT2D eigenvalue weighted by molar-refractivity contribution is -0.118. The Morgan fingerprint density at radius 1 is 1.13 bits per heavy atom. The molecule has 1 aliphatic heterocycles. The molecule has 1 N–H and O–H groups in total. The maximum atomic E-state index is 13.2. The van der Waals surface area contributed by atoms with E-state index in [1.807, 2.05) is 0 Å². The van der Waals surface area contributed by atoms with Gasteiger partial charge in [0.1, 0.15) is 5.82 Å². The van der Waals surface area contributed by atoms with E-state index in [0.717, 1.165) is 17.3 Å². The molecule has 0 unspecified atom stereocenters. The highest BCUT2D eigenvalue weighted by Gasteiger charge is 2.22. The maximum absolute atomic E-state index is 13.2. The fourth-order valence-corrected chi connectivity index (χ4v) is 3.65. The molecular weight excluding hydrogens is 319 g/mol. The molecule has 2 aromatic carbocycles. The number of nitrogens with one attached hydrogen (secondary N) is 1. The molecular formula is C16H15FN2O3S. The maximum Gasteiger partial charge on any atom is 0.261 e. The van der Waals surface area contributed by atoms with Crippen molar-refractivity contribution in [1.82, 2.24) is 0 Å². The van der Waals surface area contributed by atoms with Crippen molar-refractivity contribution >= 4 is 27.3 Å². The van der Waals surface area contributed by atoms with Crippen LogP contribution in [0.1, 0.15) is 12.0 Å². The van der Waals surface area contributed by atoms with Crippen LogP contribution in [-0.4, -0.2) is 21.4 Å². The highest BCUT2D eigenvalue weighted by atomic mass is 32.2. The van der Waals surface area contributed by atoms with Gasteiger partial charge in [-0.05, 0) is 48.4 Å². The van der Waals surface area contributed by atoms with E-state index in [1.165, 1.54) is 18.2 Å². The second-order valence-corrected chi connectivity index (χ2v) is 7.04. The quantitative estimate of drug-likeness (QED) is 0.938. The summed E-state index contributed by atoms with van der Waals surface area (Å²) in [4.78, 5) is 13.1. The van der Waals surface area contributed by atoms with Crippen molar-refractivity contribution in [3.63, 3.8) is 0 Å². The van der Waals surface area contributed by atoms with Crippen LogP contribution in [-0.2, 0) is 21.2 Å². The second-order valence-electron chi connectivity index (χ2n) is 5.36. The summed E-state index contributed by atoms with van der Waals surface area (Å²) in [5, 5.41) is 0. The number of aryl methyl sites for hydroxylation is 1. The third-order valence-corrected chi connectivity index (χ3v) is 5.16. The second kappa shape index (κ2) is 5.66. The highest BCUT2D eigenvalue weighted by Crippen LogP contribution is 2.30. The summed E-state index contributed by atoms with van der Waals surface area (Å²) >= 11 is 0. The van der Waals surface area contributed by atoms with Crippen molar-refractivity contribution in [2.24, 2.45) is 0 Å². The topological polar surface area (TPSA) is 66.5 Å². The Bertz CT molecular complexity index is 881. The van der Waals surface area contributed by atoms with Crippen LogP contribution in [0.2, 0.25) is 0 Å². The van der Waals surface area contributed by atoms with Gasteiger partial charge in [-0.2, -0.15) is 0 Å². The molecule has 1 amide bonds. The molecule has 0 saturated heterocycles. The Morgan fingerprint density at radius 2 is 1.91 bits per heavy atom. The molecule has 1 aliphatic rings. The summed E-state index contributed by atoms with van der Waals surface area (Å²) < 4.78 is 40.2. The van der Waals surface area contributed by atoms with Gasteiger partial charge in [-0.25, -0.2) is 12.8 Å². The fourth-order valence-electron chi connectivity index (χ4n) is 2.57. The van der Waals surface area contributed by atoms with E-state index < -0.39 is 15.8 Å². The number of carbonyl (C=O) groups excluding carboxylic acids is 1. The lowest BCUT2D eigenvalue weighted by Crippen LogP contribution is -2.31. The van der Waals surface area contributed by atoms with Crippen LogP contribution in [0.3, 0.4) is 0 Å². The minimum absolute atomic E-state index is 0.0330. The predicted molar refractivity (Wildman–Crippen MR) is 85.4 cm³/mol. The van der Waals surface area contributed by atoms with Gasteiger partial charge < -0.3 is 4.90 Å². The lowest BCUT2D eigenvalue weighted by Gasteiger charge is -2.26. The van der Waals surface area contributed by atoms with Crippen LogP contribution in [0.25, 0.3) is 0 Å². The van der Waals surface area contributed by atoms with E-state index >= 15 is 0 Å². The van der Waals surface area contributed by atoms with Gasteiger partial charge in [0.15, 0.2) is 0 Å². The standard InChI is InChI=1S/C16H15FN2O3S/c1-19-15-7-6-13(9-11(15)5-8-16(19)20)18-23(21,22)14-4-2-3-12(17)10-14/h2-4,6-7,9-10,18H,5,8H2,1H3. The first-order valence-electron chi connectivity index (χ1n) is 7.05. The summed E-state index contributed by atoms with van der Waals surface area (Å²) in [5.41, 5.74) is 2.05. The number of amides is 1. The summed E-state index contributed by atoms with van der Waals surface area (Å²) in [6, 6.07) is 9.82. The molecule has 1 heterocycles. The summed E-state index contributed by atoms with van der Waals surface area (Å²) in [6.07, 6.45) is 0.956. The van der Waals surface area contributed by atoms with E-state index in [1.54, 1.807) is 30.1 Å². The number of carbonyl (C=O) groups is 1. The molecule has 2 aromatic rings. The minimum Gasteiger partial charge on any atom is -0.315 e.